The largest absolute Gasteiger partial charge is 0.391 e. The van der Waals surface area contributed by atoms with Crippen molar-refractivity contribution < 1.29 is 13.9 Å². The third kappa shape index (κ3) is 2.41. The number of rotatable bonds is 3. The van der Waals surface area contributed by atoms with Crippen LogP contribution in [0.3, 0.4) is 0 Å². The van der Waals surface area contributed by atoms with Gasteiger partial charge >= 0.3 is 0 Å². The van der Waals surface area contributed by atoms with Gasteiger partial charge in [-0.25, -0.2) is 8.78 Å². The second-order valence-corrected chi connectivity index (χ2v) is 3.29. The molecule has 0 saturated carbocycles. The van der Waals surface area contributed by atoms with Crippen LogP contribution in [0.25, 0.3) is 0 Å². The van der Waals surface area contributed by atoms with E-state index in [4.69, 9.17) is 17.3 Å². The van der Waals surface area contributed by atoms with Crippen molar-refractivity contribution in [1.29, 1.82) is 0 Å². The summed E-state index contributed by atoms with van der Waals surface area (Å²) < 4.78 is 26.0. The van der Waals surface area contributed by atoms with Crippen LogP contribution in [0.2, 0.25) is 5.02 Å². The number of hydrogen-bond donors (Lipinski definition) is 2. The molecule has 1 aromatic carbocycles. The van der Waals surface area contributed by atoms with Crippen molar-refractivity contribution >= 4 is 11.6 Å². The summed E-state index contributed by atoms with van der Waals surface area (Å²) in [5.74, 6) is -1.34. The van der Waals surface area contributed by atoms with E-state index in [1.54, 1.807) is 0 Å². The zero-order chi connectivity index (χ0) is 10.7. The molecule has 5 heteroatoms. The van der Waals surface area contributed by atoms with Crippen LogP contribution in [0.1, 0.15) is 5.56 Å². The summed E-state index contributed by atoms with van der Waals surface area (Å²) in [4.78, 5) is 0. The second-order valence-electron chi connectivity index (χ2n) is 2.92. The lowest BCUT2D eigenvalue weighted by molar-refractivity contribution is 0.182. The quantitative estimate of drug-likeness (QED) is 0.760. The van der Waals surface area contributed by atoms with Gasteiger partial charge in [-0.2, -0.15) is 0 Å². The number of halogens is 3. The molecule has 0 aliphatic carbocycles. The van der Waals surface area contributed by atoms with Crippen molar-refractivity contribution in [3.05, 3.63) is 34.4 Å². The highest BCUT2D eigenvalue weighted by Crippen LogP contribution is 2.23. The molecular formula is C9H10ClF2NO. The number of aliphatic hydroxyl groups is 1. The summed E-state index contributed by atoms with van der Waals surface area (Å²) >= 11 is 5.53. The van der Waals surface area contributed by atoms with Crippen LogP contribution in [-0.4, -0.2) is 17.8 Å². The Bertz CT molecular complexity index is 333. The zero-order valence-corrected chi connectivity index (χ0v) is 8.06. The van der Waals surface area contributed by atoms with Gasteiger partial charge in [0.25, 0.3) is 0 Å². The van der Waals surface area contributed by atoms with Crippen LogP contribution < -0.4 is 5.73 Å². The van der Waals surface area contributed by atoms with Crippen LogP contribution in [0.5, 0.6) is 0 Å². The molecule has 0 spiro atoms. The van der Waals surface area contributed by atoms with E-state index in [-0.39, 0.29) is 23.6 Å². The van der Waals surface area contributed by atoms with Gasteiger partial charge in [-0.15, -0.1) is 0 Å². The molecule has 0 amide bonds. The predicted molar refractivity (Wildman–Crippen MR) is 50.1 cm³/mol. The summed E-state index contributed by atoms with van der Waals surface area (Å²) in [6.45, 7) is -0.0215. The maximum Gasteiger partial charge on any atom is 0.142 e. The Labute approximate surface area is 85.3 Å². The molecule has 0 radical (unpaired) electrons. The Hall–Kier alpha value is -0.710. The average molecular weight is 222 g/mol. The van der Waals surface area contributed by atoms with E-state index in [9.17, 15) is 13.9 Å². The molecule has 0 fully saturated rings. The Morgan fingerprint density at radius 2 is 1.93 bits per heavy atom. The Morgan fingerprint density at radius 1 is 1.36 bits per heavy atom. The standard InChI is InChI=1S/C9H10ClF2NO/c10-9-6(3-5(14)4-13)7(11)1-2-8(9)12/h1-2,5,14H,3-4,13H2. The average Bonchev–Trinajstić information content (AvgIpc) is 2.18. The summed E-state index contributed by atoms with van der Waals surface area (Å²) in [6.07, 6.45) is -0.998. The molecule has 1 atom stereocenters. The van der Waals surface area contributed by atoms with Gasteiger partial charge in [0.1, 0.15) is 11.6 Å². The van der Waals surface area contributed by atoms with Gasteiger partial charge in [0.15, 0.2) is 0 Å². The Kier molecular flexibility index (Phi) is 3.80. The van der Waals surface area contributed by atoms with Gasteiger partial charge in [-0.1, -0.05) is 11.6 Å². The molecule has 0 saturated heterocycles. The van der Waals surface area contributed by atoms with Gasteiger partial charge < -0.3 is 10.8 Å². The fourth-order valence-electron chi connectivity index (χ4n) is 1.08. The van der Waals surface area contributed by atoms with Crippen molar-refractivity contribution in [2.45, 2.75) is 12.5 Å². The smallest absolute Gasteiger partial charge is 0.142 e. The number of aliphatic hydroxyl groups excluding tert-OH is 1. The normalized spacial score (nSPS) is 12.9. The van der Waals surface area contributed by atoms with E-state index in [0.29, 0.717) is 0 Å². The Morgan fingerprint density at radius 3 is 2.50 bits per heavy atom. The first-order valence-electron chi connectivity index (χ1n) is 4.06. The minimum Gasteiger partial charge on any atom is -0.391 e. The molecule has 1 aromatic rings. The lowest BCUT2D eigenvalue weighted by Gasteiger charge is -2.10. The summed E-state index contributed by atoms with van der Waals surface area (Å²) in [7, 11) is 0. The fourth-order valence-corrected chi connectivity index (χ4v) is 1.31. The molecule has 0 aliphatic rings. The van der Waals surface area contributed by atoms with Crippen molar-refractivity contribution in [2.24, 2.45) is 5.73 Å². The van der Waals surface area contributed by atoms with E-state index < -0.39 is 17.7 Å². The third-order valence-corrected chi connectivity index (χ3v) is 2.26. The van der Waals surface area contributed by atoms with Gasteiger partial charge in [0.2, 0.25) is 0 Å². The highest BCUT2D eigenvalue weighted by molar-refractivity contribution is 6.31. The number of nitrogens with two attached hydrogens (primary N) is 1. The maximum absolute atomic E-state index is 13.1. The molecule has 0 heterocycles. The van der Waals surface area contributed by atoms with E-state index in [0.717, 1.165) is 12.1 Å². The molecule has 0 aliphatic heterocycles. The van der Waals surface area contributed by atoms with Gasteiger partial charge in [0, 0.05) is 18.5 Å². The molecule has 0 aromatic heterocycles. The number of hydrogen-bond acceptors (Lipinski definition) is 2. The minimum atomic E-state index is -0.913. The second kappa shape index (κ2) is 4.68. The lowest BCUT2D eigenvalue weighted by Crippen LogP contribution is -2.22. The molecule has 1 rings (SSSR count). The summed E-state index contributed by atoms with van der Waals surface area (Å²) in [6, 6.07) is 1.91. The first-order valence-corrected chi connectivity index (χ1v) is 4.44. The van der Waals surface area contributed by atoms with Crippen LogP contribution in [0.4, 0.5) is 8.78 Å². The topological polar surface area (TPSA) is 46.2 Å². The molecule has 1 unspecified atom stereocenters. The molecule has 14 heavy (non-hydrogen) atoms. The molecule has 0 bridgehead atoms. The highest BCUT2D eigenvalue weighted by atomic mass is 35.5. The van der Waals surface area contributed by atoms with Crippen molar-refractivity contribution in [1.82, 2.24) is 0 Å². The predicted octanol–water partition coefficient (Wildman–Crippen LogP) is 1.48. The van der Waals surface area contributed by atoms with Gasteiger partial charge in [-0.05, 0) is 12.1 Å². The van der Waals surface area contributed by atoms with Crippen molar-refractivity contribution in [3.63, 3.8) is 0 Å². The summed E-state index contributed by atoms with van der Waals surface area (Å²) in [5.41, 5.74) is 5.11. The van der Waals surface area contributed by atoms with E-state index in [1.165, 1.54) is 0 Å². The first kappa shape index (κ1) is 11.4. The van der Waals surface area contributed by atoms with Crippen LogP contribution in [0, 0.1) is 11.6 Å². The summed E-state index contributed by atoms with van der Waals surface area (Å²) in [5, 5.41) is 8.88. The Balaban J connectivity index is 3.00. The van der Waals surface area contributed by atoms with E-state index in [2.05, 4.69) is 0 Å². The SMILES string of the molecule is NCC(O)Cc1c(F)ccc(F)c1Cl. The molecule has 78 valence electrons. The monoisotopic (exact) mass is 221 g/mol. The zero-order valence-electron chi connectivity index (χ0n) is 7.30. The van der Waals surface area contributed by atoms with Crippen molar-refractivity contribution in [3.8, 4) is 0 Å². The fraction of sp³-hybridized carbons (Fsp3) is 0.333. The highest BCUT2D eigenvalue weighted by Gasteiger charge is 2.14. The van der Waals surface area contributed by atoms with Gasteiger partial charge in [0.05, 0.1) is 11.1 Å². The van der Waals surface area contributed by atoms with Gasteiger partial charge in [-0.3, -0.25) is 0 Å². The lowest BCUT2D eigenvalue weighted by atomic mass is 10.1. The third-order valence-electron chi connectivity index (χ3n) is 1.85. The van der Waals surface area contributed by atoms with Crippen molar-refractivity contribution in [2.75, 3.05) is 6.54 Å². The molecule has 2 nitrogen and oxygen atoms in total. The minimum absolute atomic E-state index is 0.0215. The molecular weight excluding hydrogens is 212 g/mol. The van der Waals surface area contributed by atoms with Crippen LogP contribution in [0.15, 0.2) is 12.1 Å². The van der Waals surface area contributed by atoms with E-state index in [1.807, 2.05) is 0 Å². The van der Waals surface area contributed by atoms with Crippen LogP contribution >= 0.6 is 11.6 Å². The van der Waals surface area contributed by atoms with E-state index >= 15 is 0 Å². The van der Waals surface area contributed by atoms with Crippen LogP contribution in [-0.2, 0) is 6.42 Å². The first-order chi connectivity index (χ1) is 6.56. The number of benzene rings is 1. The molecule has 3 N–H and O–H groups in total. The maximum atomic E-state index is 13.1.